The van der Waals surface area contributed by atoms with Gasteiger partial charge in [-0.05, 0) is 43.2 Å². The van der Waals surface area contributed by atoms with Crippen molar-refractivity contribution in [3.63, 3.8) is 0 Å². The van der Waals surface area contributed by atoms with Gasteiger partial charge < -0.3 is 4.90 Å². The number of sulfonamides is 1. The second kappa shape index (κ2) is 8.47. The van der Waals surface area contributed by atoms with Gasteiger partial charge in [0.2, 0.25) is 10.0 Å². The molecule has 2 aromatic carbocycles. The Morgan fingerprint density at radius 1 is 1.04 bits per heavy atom. The Morgan fingerprint density at radius 2 is 1.69 bits per heavy atom. The number of para-hydroxylation sites is 1. The third-order valence-electron chi connectivity index (χ3n) is 4.27. The van der Waals surface area contributed by atoms with Gasteiger partial charge in [0.25, 0.3) is 5.91 Å². The number of unbranched alkanes of at least 4 members (excludes halogenated alkanes) is 1. The fourth-order valence-corrected chi connectivity index (χ4v) is 3.55. The Hall–Kier alpha value is -2.18. The van der Waals surface area contributed by atoms with Gasteiger partial charge in [0.1, 0.15) is 0 Å². The van der Waals surface area contributed by atoms with Crippen molar-refractivity contribution in [2.24, 2.45) is 0 Å². The number of benzene rings is 2. The van der Waals surface area contributed by atoms with Gasteiger partial charge in [0.15, 0.2) is 0 Å². The second-order valence-electron chi connectivity index (χ2n) is 6.41. The molecule has 0 aliphatic rings. The van der Waals surface area contributed by atoms with Crippen LogP contribution in [-0.4, -0.2) is 39.3 Å². The van der Waals surface area contributed by atoms with Crippen LogP contribution in [-0.2, 0) is 10.0 Å². The molecule has 2 rings (SSSR count). The van der Waals surface area contributed by atoms with Crippen LogP contribution in [0, 0.1) is 6.92 Å². The van der Waals surface area contributed by atoms with E-state index in [4.69, 9.17) is 0 Å². The molecule has 0 fully saturated rings. The van der Waals surface area contributed by atoms with E-state index in [9.17, 15) is 13.2 Å². The summed E-state index contributed by atoms with van der Waals surface area (Å²) < 4.78 is 26.0. The van der Waals surface area contributed by atoms with E-state index in [-0.39, 0.29) is 10.8 Å². The highest BCUT2D eigenvalue weighted by atomic mass is 32.2. The van der Waals surface area contributed by atoms with E-state index in [0.717, 1.165) is 28.4 Å². The smallest absolute Gasteiger partial charge is 0.258 e. The maximum Gasteiger partial charge on any atom is 0.258 e. The van der Waals surface area contributed by atoms with Gasteiger partial charge in [-0.2, -0.15) is 0 Å². The Labute approximate surface area is 156 Å². The van der Waals surface area contributed by atoms with Crippen LogP contribution in [0.3, 0.4) is 0 Å². The third kappa shape index (κ3) is 4.31. The normalized spacial score (nSPS) is 11.6. The van der Waals surface area contributed by atoms with Gasteiger partial charge in [-0.15, -0.1) is 0 Å². The van der Waals surface area contributed by atoms with Crippen LogP contribution in [0.4, 0.5) is 5.69 Å². The fraction of sp³-hybridized carbons (Fsp3) is 0.350. The second-order valence-corrected chi connectivity index (χ2v) is 8.56. The van der Waals surface area contributed by atoms with Gasteiger partial charge >= 0.3 is 0 Å². The zero-order valence-corrected chi connectivity index (χ0v) is 16.6. The zero-order chi connectivity index (χ0) is 19.3. The van der Waals surface area contributed by atoms with Gasteiger partial charge in [-0.3, -0.25) is 4.79 Å². The number of rotatable bonds is 7. The molecule has 0 saturated carbocycles. The minimum atomic E-state index is -3.59. The third-order valence-corrected chi connectivity index (χ3v) is 6.08. The van der Waals surface area contributed by atoms with Crippen molar-refractivity contribution < 1.29 is 13.2 Å². The van der Waals surface area contributed by atoms with Crippen molar-refractivity contribution in [3.8, 4) is 0 Å². The lowest BCUT2D eigenvalue weighted by Gasteiger charge is -2.24. The molecule has 0 aromatic heterocycles. The molecule has 0 heterocycles. The quantitative estimate of drug-likeness (QED) is 0.743. The number of carbonyl (C=O) groups excluding carboxylic acids is 1. The summed E-state index contributed by atoms with van der Waals surface area (Å²) in [5.41, 5.74) is 1.98. The molecule has 0 spiro atoms. The molecule has 140 valence electrons. The summed E-state index contributed by atoms with van der Waals surface area (Å²) in [5, 5.41) is 0. The molecular formula is C20H26N2O3S. The first-order valence-electron chi connectivity index (χ1n) is 8.69. The van der Waals surface area contributed by atoms with E-state index in [1.54, 1.807) is 17.0 Å². The number of aryl methyl sites for hydroxylation is 1. The molecule has 5 nitrogen and oxygen atoms in total. The van der Waals surface area contributed by atoms with Crippen molar-refractivity contribution in [1.82, 2.24) is 4.31 Å². The van der Waals surface area contributed by atoms with Crippen molar-refractivity contribution in [3.05, 3.63) is 59.7 Å². The van der Waals surface area contributed by atoms with Crippen molar-refractivity contribution in [2.45, 2.75) is 31.6 Å². The average molecular weight is 375 g/mol. The van der Waals surface area contributed by atoms with Crippen molar-refractivity contribution in [1.29, 1.82) is 0 Å². The summed E-state index contributed by atoms with van der Waals surface area (Å²) >= 11 is 0. The number of amides is 1. The highest BCUT2D eigenvalue weighted by Crippen LogP contribution is 2.23. The number of nitrogens with zero attached hydrogens (tertiary/aromatic N) is 2. The zero-order valence-electron chi connectivity index (χ0n) is 15.8. The van der Waals surface area contributed by atoms with E-state index in [0.29, 0.717) is 12.1 Å². The van der Waals surface area contributed by atoms with Crippen LogP contribution in [0.2, 0.25) is 0 Å². The fourth-order valence-electron chi connectivity index (χ4n) is 2.62. The van der Waals surface area contributed by atoms with Crippen LogP contribution >= 0.6 is 0 Å². The van der Waals surface area contributed by atoms with E-state index >= 15 is 0 Å². The average Bonchev–Trinajstić information content (AvgIpc) is 2.62. The summed E-state index contributed by atoms with van der Waals surface area (Å²) in [7, 11) is -0.634. The van der Waals surface area contributed by atoms with Gasteiger partial charge in [0.05, 0.1) is 4.90 Å². The standard InChI is InChI=1S/C20H26N2O3S/c1-5-6-14-22(17-10-8-7-9-11-17)20(23)19-15-18(13-12-16(19)2)26(24,25)21(3)4/h7-13,15H,5-6,14H2,1-4H3. The summed E-state index contributed by atoms with van der Waals surface area (Å²) in [5.74, 6) is -0.182. The van der Waals surface area contributed by atoms with Gasteiger partial charge in [0, 0.05) is 31.9 Å². The monoisotopic (exact) mass is 374 g/mol. The number of carbonyl (C=O) groups is 1. The Kier molecular flexibility index (Phi) is 6.56. The number of hydrogen-bond acceptors (Lipinski definition) is 3. The molecular weight excluding hydrogens is 348 g/mol. The maximum atomic E-state index is 13.2. The van der Waals surface area contributed by atoms with Crippen molar-refractivity contribution in [2.75, 3.05) is 25.5 Å². The number of hydrogen-bond donors (Lipinski definition) is 0. The first kappa shape index (κ1) is 20.1. The minimum Gasteiger partial charge on any atom is -0.308 e. The molecule has 0 bridgehead atoms. The molecule has 0 radical (unpaired) electrons. The van der Waals surface area contributed by atoms with E-state index in [2.05, 4.69) is 6.92 Å². The minimum absolute atomic E-state index is 0.125. The van der Waals surface area contributed by atoms with E-state index in [1.807, 2.05) is 37.3 Å². The molecule has 2 aromatic rings. The first-order chi connectivity index (χ1) is 12.3. The van der Waals surface area contributed by atoms with E-state index in [1.165, 1.54) is 20.2 Å². The highest BCUT2D eigenvalue weighted by Gasteiger charge is 2.23. The van der Waals surface area contributed by atoms with Crippen LogP contribution < -0.4 is 4.90 Å². The summed E-state index contributed by atoms with van der Waals surface area (Å²) in [6.07, 6.45) is 1.83. The molecule has 26 heavy (non-hydrogen) atoms. The molecule has 6 heteroatoms. The lowest BCUT2D eigenvalue weighted by atomic mass is 10.1. The van der Waals surface area contributed by atoms with Gasteiger partial charge in [-0.1, -0.05) is 37.6 Å². The molecule has 0 N–H and O–H groups in total. The molecule has 0 atom stereocenters. The molecule has 0 saturated heterocycles. The molecule has 0 aliphatic carbocycles. The van der Waals surface area contributed by atoms with Gasteiger partial charge in [-0.25, -0.2) is 12.7 Å². The topological polar surface area (TPSA) is 57.7 Å². The van der Waals surface area contributed by atoms with Crippen molar-refractivity contribution >= 4 is 21.6 Å². The largest absolute Gasteiger partial charge is 0.308 e. The molecule has 0 unspecified atom stereocenters. The molecule has 0 aliphatic heterocycles. The SMILES string of the molecule is CCCCN(C(=O)c1cc(S(=O)(=O)N(C)C)ccc1C)c1ccccc1. The maximum absolute atomic E-state index is 13.2. The number of anilines is 1. The molecule has 1 amide bonds. The summed E-state index contributed by atoms with van der Waals surface area (Å²) in [6.45, 7) is 4.48. The van der Waals surface area contributed by atoms with Crippen LogP contribution in [0.15, 0.2) is 53.4 Å². The lowest BCUT2D eigenvalue weighted by Crippen LogP contribution is -2.32. The van der Waals surface area contributed by atoms with Crippen LogP contribution in [0.25, 0.3) is 0 Å². The Morgan fingerprint density at radius 3 is 2.27 bits per heavy atom. The van der Waals surface area contributed by atoms with Crippen LogP contribution in [0.5, 0.6) is 0 Å². The van der Waals surface area contributed by atoms with E-state index < -0.39 is 10.0 Å². The Bertz CT molecular complexity index is 862. The predicted molar refractivity (Wildman–Crippen MR) is 105 cm³/mol. The Balaban J connectivity index is 2.48. The predicted octanol–water partition coefficient (Wildman–Crippen LogP) is 3.69. The summed E-state index contributed by atoms with van der Waals surface area (Å²) in [4.78, 5) is 15.1. The first-order valence-corrected chi connectivity index (χ1v) is 10.1. The highest BCUT2D eigenvalue weighted by molar-refractivity contribution is 7.89. The van der Waals surface area contributed by atoms with Crippen LogP contribution in [0.1, 0.15) is 35.7 Å². The lowest BCUT2D eigenvalue weighted by molar-refractivity contribution is 0.0986. The summed E-state index contributed by atoms with van der Waals surface area (Å²) in [6, 6.07) is 14.2.